The van der Waals surface area contributed by atoms with E-state index in [4.69, 9.17) is 0 Å². The molecule has 0 aliphatic carbocycles. The molecular weight excluding hydrogens is 267 g/mol. The minimum Gasteiger partial charge on any atom is -0.309 e. The van der Waals surface area contributed by atoms with Crippen LogP contribution in [0.25, 0.3) is 0 Å². The van der Waals surface area contributed by atoms with Crippen LogP contribution in [0.3, 0.4) is 0 Å². The molecule has 3 rings (SSSR count). The Labute approximate surface area is 112 Å². The lowest BCUT2D eigenvalue weighted by Crippen LogP contribution is -2.53. The first-order chi connectivity index (χ1) is 9.03. The van der Waals surface area contributed by atoms with Gasteiger partial charge in [0, 0.05) is 25.2 Å². The number of halogens is 1. The molecule has 1 aromatic carbocycles. The smallest absolute Gasteiger partial charge is 0.218 e. The first kappa shape index (κ1) is 13.0. The van der Waals surface area contributed by atoms with Gasteiger partial charge >= 0.3 is 0 Å². The minimum atomic E-state index is -3.35. The molecule has 104 valence electrons. The Hall–Kier alpha value is -0.980. The number of fused-ring (bicyclic) bond motifs is 2. The van der Waals surface area contributed by atoms with Crippen molar-refractivity contribution in [2.75, 3.05) is 13.1 Å². The molecule has 2 aliphatic heterocycles. The predicted octanol–water partition coefficient (Wildman–Crippen LogP) is 1.09. The van der Waals surface area contributed by atoms with Crippen LogP contribution in [0, 0.1) is 5.82 Å². The monoisotopic (exact) mass is 284 g/mol. The lowest BCUT2D eigenvalue weighted by molar-refractivity contribution is 0.296. The number of piperazine rings is 1. The van der Waals surface area contributed by atoms with E-state index in [0.717, 1.165) is 12.8 Å². The highest BCUT2D eigenvalue weighted by atomic mass is 32.2. The third-order valence-corrected chi connectivity index (χ3v) is 5.60. The maximum Gasteiger partial charge on any atom is 0.218 e. The van der Waals surface area contributed by atoms with E-state index >= 15 is 0 Å². The molecule has 0 saturated carbocycles. The van der Waals surface area contributed by atoms with Gasteiger partial charge in [-0.25, -0.2) is 12.8 Å². The summed E-state index contributed by atoms with van der Waals surface area (Å²) in [6.07, 6.45) is 2.08. The van der Waals surface area contributed by atoms with Crippen LogP contribution in [-0.2, 0) is 15.8 Å². The second-order valence-electron chi connectivity index (χ2n) is 5.34. The van der Waals surface area contributed by atoms with E-state index < -0.39 is 15.8 Å². The van der Waals surface area contributed by atoms with Gasteiger partial charge in [0.2, 0.25) is 10.0 Å². The molecule has 2 unspecified atom stereocenters. The van der Waals surface area contributed by atoms with Gasteiger partial charge in [-0.1, -0.05) is 12.1 Å². The van der Waals surface area contributed by atoms with Crippen LogP contribution in [0.4, 0.5) is 4.39 Å². The van der Waals surface area contributed by atoms with E-state index in [1.165, 1.54) is 12.1 Å². The summed E-state index contributed by atoms with van der Waals surface area (Å²) in [6, 6.07) is 6.36. The Morgan fingerprint density at radius 2 is 1.95 bits per heavy atom. The van der Waals surface area contributed by atoms with Crippen LogP contribution in [0.15, 0.2) is 24.3 Å². The van der Waals surface area contributed by atoms with E-state index in [1.807, 2.05) is 0 Å². The molecule has 6 heteroatoms. The Bertz CT molecular complexity index is 564. The lowest BCUT2D eigenvalue weighted by atomic mass is 10.2. The second kappa shape index (κ2) is 4.85. The second-order valence-corrected chi connectivity index (χ2v) is 7.31. The molecule has 0 radical (unpaired) electrons. The summed E-state index contributed by atoms with van der Waals surface area (Å²) >= 11 is 0. The summed E-state index contributed by atoms with van der Waals surface area (Å²) in [5.41, 5.74) is 0.505. The highest BCUT2D eigenvalue weighted by molar-refractivity contribution is 7.88. The van der Waals surface area contributed by atoms with E-state index in [2.05, 4.69) is 5.32 Å². The van der Waals surface area contributed by atoms with E-state index in [-0.39, 0.29) is 17.8 Å². The van der Waals surface area contributed by atoms with Crippen LogP contribution in [-0.4, -0.2) is 37.9 Å². The van der Waals surface area contributed by atoms with Crippen LogP contribution in [0.2, 0.25) is 0 Å². The van der Waals surface area contributed by atoms with Gasteiger partial charge < -0.3 is 5.32 Å². The van der Waals surface area contributed by atoms with Gasteiger partial charge in [-0.3, -0.25) is 0 Å². The van der Waals surface area contributed by atoms with Gasteiger partial charge in [0.25, 0.3) is 0 Å². The van der Waals surface area contributed by atoms with Gasteiger partial charge in [0.05, 0.1) is 5.75 Å². The van der Waals surface area contributed by atoms with Crippen molar-refractivity contribution in [2.45, 2.75) is 30.7 Å². The van der Waals surface area contributed by atoms with E-state index in [1.54, 1.807) is 16.4 Å². The average molecular weight is 284 g/mol. The predicted molar refractivity (Wildman–Crippen MR) is 70.5 cm³/mol. The van der Waals surface area contributed by atoms with Gasteiger partial charge in [-0.2, -0.15) is 4.31 Å². The zero-order chi connectivity index (χ0) is 13.5. The molecule has 2 fully saturated rings. The highest BCUT2D eigenvalue weighted by Crippen LogP contribution is 2.23. The van der Waals surface area contributed by atoms with Crippen molar-refractivity contribution >= 4 is 10.0 Å². The summed E-state index contributed by atoms with van der Waals surface area (Å²) in [5.74, 6) is -0.516. The third-order valence-electron chi connectivity index (χ3n) is 3.81. The molecule has 0 aromatic heterocycles. The van der Waals surface area contributed by atoms with Crippen LogP contribution in [0.5, 0.6) is 0 Å². The fraction of sp³-hybridized carbons (Fsp3) is 0.538. The molecule has 2 saturated heterocycles. The number of hydrogen-bond donors (Lipinski definition) is 1. The van der Waals surface area contributed by atoms with Crippen molar-refractivity contribution in [3.8, 4) is 0 Å². The van der Waals surface area contributed by atoms with Crippen LogP contribution < -0.4 is 5.32 Å². The fourth-order valence-electron chi connectivity index (χ4n) is 2.91. The van der Waals surface area contributed by atoms with Crippen LogP contribution >= 0.6 is 0 Å². The molecule has 2 heterocycles. The number of rotatable bonds is 3. The number of nitrogens with one attached hydrogen (secondary N) is 1. The quantitative estimate of drug-likeness (QED) is 0.904. The standard InChI is InChI=1S/C13H17FN2O2S/c14-11-3-1-2-10(6-11)9-19(17,18)16-7-12-4-5-13(8-16)15-12/h1-3,6,12-13,15H,4-5,7-9H2. The van der Waals surface area contributed by atoms with Crippen molar-refractivity contribution in [3.05, 3.63) is 35.6 Å². The Balaban J connectivity index is 1.76. The minimum absolute atomic E-state index is 0.121. The Kier molecular flexibility index (Phi) is 3.32. The molecule has 0 spiro atoms. The summed E-state index contributed by atoms with van der Waals surface area (Å²) in [7, 11) is -3.35. The summed E-state index contributed by atoms with van der Waals surface area (Å²) in [4.78, 5) is 0. The maximum absolute atomic E-state index is 13.1. The first-order valence-corrected chi connectivity index (χ1v) is 8.12. The van der Waals surface area contributed by atoms with Gasteiger partial charge in [-0.15, -0.1) is 0 Å². The topological polar surface area (TPSA) is 49.4 Å². The molecule has 2 aliphatic rings. The molecule has 2 atom stereocenters. The molecule has 1 aromatic rings. The Morgan fingerprint density at radius 1 is 1.26 bits per heavy atom. The molecular formula is C13H17FN2O2S. The van der Waals surface area contributed by atoms with Crippen molar-refractivity contribution in [1.82, 2.24) is 9.62 Å². The fourth-order valence-corrected chi connectivity index (χ4v) is 4.51. The summed E-state index contributed by atoms with van der Waals surface area (Å²) < 4.78 is 39.4. The molecule has 4 nitrogen and oxygen atoms in total. The van der Waals surface area contributed by atoms with Crippen molar-refractivity contribution in [2.24, 2.45) is 0 Å². The van der Waals surface area contributed by atoms with E-state index in [0.29, 0.717) is 18.7 Å². The van der Waals surface area contributed by atoms with Crippen LogP contribution in [0.1, 0.15) is 18.4 Å². The largest absolute Gasteiger partial charge is 0.309 e. The van der Waals surface area contributed by atoms with E-state index in [9.17, 15) is 12.8 Å². The zero-order valence-electron chi connectivity index (χ0n) is 10.5. The summed E-state index contributed by atoms with van der Waals surface area (Å²) in [6.45, 7) is 1.07. The number of nitrogens with zero attached hydrogens (tertiary/aromatic N) is 1. The number of benzene rings is 1. The Morgan fingerprint density at radius 3 is 2.58 bits per heavy atom. The first-order valence-electron chi connectivity index (χ1n) is 6.51. The van der Waals surface area contributed by atoms with Gasteiger partial charge in [0.15, 0.2) is 0 Å². The molecule has 0 amide bonds. The van der Waals surface area contributed by atoms with Crippen molar-refractivity contribution < 1.29 is 12.8 Å². The van der Waals surface area contributed by atoms with Crippen molar-refractivity contribution in [3.63, 3.8) is 0 Å². The zero-order valence-corrected chi connectivity index (χ0v) is 11.4. The lowest BCUT2D eigenvalue weighted by Gasteiger charge is -2.32. The number of hydrogen-bond acceptors (Lipinski definition) is 3. The maximum atomic E-state index is 13.1. The molecule has 1 N–H and O–H groups in total. The van der Waals surface area contributed by atoms with Crippen molar-refractivity contribution in [1.29, 1.82) is 0 Å². The molecule has 19 heavy (non-hydrogen) atoms. The van der Waals surface area contributed by atoms with Gasteiger partial charge in [0.1, 0.15) is 5.82 Å². The third kappa shape index (κ3) is 2.80. The SMILES string of the molecule is O=S(=O)(Cc1cccc(F)c1)N1CC2CCC(C1)N2. The average Bonchev–Trinajstić information content (AvgIpc) is 2.67. The number of sulfonamides is 1. The highest BCUT2D eigenvalue weighted by Gasteiger charge is 2.37. The summed E-state index contributed by atoms with van der Waals surface area (Å²) in [5, 5.41) is 3.40. The normalized spacial score (nSPS) is 27.6. The molecule has 2 bridgehead atoms. The van der Waals surface area contributed by atoms with Gasteiger partial charge in [-0.05, 0) is 30.5 Å².